The lowest BCUT2D eigenvalue weighted by Crippen LogP contribution is -2.25. The molecule has 1 aliphatic carbocycles. The minimum atomic E-state index is -0.599. The van der Waals surface area contributed by atoms with Crippen molar-refractivity contribution in [3.8, 4) is 0 Å². The van der Waals surface area contributed by atoms with Gasteiger partial charge in [0.2, 0.25) is 5.91 Å². The van der Waals surface area contributed by atoms with Crippen molar-refractivity contribution in [3.05, 3.63) is 51.7 Å². The number of carbonyl (C=O) groups is 2. The minimum absolute atomic E-state index is 0.0833. The summed E-state index contributed by atoms with van der Waals surface area (Å²) < 4.78 is 0. The number of anilines is 1. The molecule has 0 unspecified atom stereocenters. The molecule has 2 aromatic rings. The maximum Gasteiger partial charge on any atom is 0.316 e. The van der Waals surface area contributed by atoms with Crippen molar-refractivity contribution in [1.29, 1.82) is 0 Å². The van der Waals surface area contributed by atoms with E-state index < -0.39 is 6.03 Å². The monoisotopic (exact) mass is 329 g/mol. The second-order valence-electron chi connectivity index (χ2n) is 5.80. The van der Waals surface area contributed by atoms with Crippen molar-refractivity contribution in [2.45, 2.75) is 25.8 Å². The lowest BCUT2D eigenvalue weighted by atomic mass is 10.2. The van der Waals surface area contributed by atoms with Gasteiger partial charge >= 0.3 is 6.03 Å². The van der Waals surface area contributed by atoms with Crippen LogP contribution in [0.5, 0.6) is 0 Å². The normalized spacial score (nSPS) is 19.2. The number of carbonyl (C=O) groups excluding carboxylic acids is 2. The highest BCUT2D eigenvalue weighted by molar-refractivity contribution is 7.12. The average Bonchev–Trinajstić information content (AvgIpc) is 3.19. The summed E-state index contributed by atoms with van der Waals surface area (Å²) in [6, 6.07) is 10.9. The average molecular weight is 329 g/mol. The molecule has 120 valence electrons. The third kappa shape index (κ3) is 3.90. The number of thiophene rings is 1. The van der Waals surface area contributed by atoms with Crippen LogP contribution in [-0.4, -0.2) is 11.9 Å². The molecular weight excluding hydrogens is 310 g/mol. The Morgan fingerprint density at radius 2 is 2.13 bits per heavy atom. The molecule has 2 atom stereocenters. The van der Waals surface area contributed by atoms with E-state index in [0.717, 1.165) is 12.0 Å². The number of urea groups is 1. The molecule has 6 heteroatoms. The van der Waals surface area contributed by atoms with Crippen LogP contribution in [0.25, 0.3) is 0 Å². The second kappa shape index (κ2) is 6.42. The van der Waals surface area contributed by atoms with Gasteiger partial charge in [-0.2, -0.15) is 0 Å². The molecule has 1 fully saturated rings. The van der Waals surface area contributed by atoms with Gasteiger partial charge in [0, 0.05) is 33.8 Å². The van der Waals surface area contributed by atoms with E-state index in [1.54, 1.807) is 23.5 Å². The quantitative estimate of drug-likeness (QED) is 0.788. The fourth-order valence-corrected chi connectivity index (χ4v) is 3.73. The number of aryl methyl sites for hydroxylation is 1. The molecule has 0 aliphatic heterocycles. The standard InChI is InChI=1S/C17H19N3O2S/c1-10-5-6-15(23-10)13-8-14(13)16(21)19-9-11-3-2-4-12(7-11)20-17(18)22/h2-7,13-14H,8-9H2,1H3,(H,19,21)(H3,18,20,22)/t13-,14+/m0/s1. The van der Waals surface area contributed by atoms with Crippen molar-refractivity contribution in [3.63, 3.8) is 0 Å². The van der Waals surface area contributed by atoms with E-state index in [2.05, 4.69) is 29.7 Å². The number of rotatable bonds is 5. The highest BCUT2D eigenvalue weighted by atomic mass is 32.1. The van der Waals surface area contributed by atoms with Gasteiger partial charge in [0.05, 0.1) is 0 Å². The lowest BCUT2D eigenvalue weighted by molar-refractivity contribution is -0.122. The second-order valence-corrected chi connectivity index (χ2v) is 7.12. The number of hydrogen-bond acceptors (Lipinski definition) is 3. The van der Waals surface area contributed by atoms with Gasteiger partial charge in [0.1, 0.15) is 0 Å². The predicted molar refractivity (Wildman–Crippen MR) is 91.4 cm³/mol. The molecule has 5 nitrogen and oxygen atoms in total. The Labute approximate surface area is 138 Å². The highest BCUT2D eigenvalue weighted by Crippen LogP contribution is 2.49. The number of nitrogens with one attached hydrogen (secondary N) is 2. The van der Waals surface area contributed by atoms with Gasteiger partial charge in [0.25, 0.3) is 0 Å². The van der Waals surface area contributed by atoms with Gasteiger partial charge in [-0.15, -0.1) is 11.3 Å². The summed E-state index contributed by atoms with van der Waals surface area (Å²) in [4.78, 5) is 25.7. The van der Waals surface area contributed by atoms with Gasteiger partial charge < -0.3 is 16.4 Å². The zero-order chi connectivity index (χ0) is 16.4. The Morgan fingerprint density at radius 1 is 1.30 bits per heavy atom. The van der Waals surface area contributed by atoms with E-state index in [9.17, 15) is 9.59 Å². The summed E-state index contributed by atoms with van der Waals surface area (Å²) in [5.41, 5.74) is 6.65. The highest BCUT2D eigenvalue weighted by Gasteiger charge is 2.44. The number of benzene rings is 1. The van der Waals surface area contributed by atoms with E-state index in [1.165, 1.54) is 9.75 Å². The minimum Gasteiger partial charge on any atom is -0.352 e. The summed E-state index contributed by atoms with van der Waals surface area (Å²) in [6.45, 7) is 2.53. The first kappa shape index (κ1) is 15.6. The first-order valence-corrected chi connectivity index (χ1v) is 8.34. The topological polar surface area (TPSA) is 84.2 Å². The summed E-state index contributed by atoms with van der Waals surface area (Å²) in [7, 11) is 0. The fraction of sp³-hybridized carbons (Fsp3) is 0.294. The van der Waals surface area contributed by atoms with Crippen molar-refractivity contribution in [2.24, 2.45) is 11.7 Å². The van der Waals surface area contributed by atoms with Crippen LogP contribution >= 0.6 is 11.3 Å². The molecular formula is C17H19N3O2S. The van der Waals surface area contributed by atoms with Gasteiger partial charge in [-0.1, -0.05) is 12.1 Å². The molecule has 3 rings (SSSR count). The third-order valence-corrected chi connectivity index (χ3v) is 5.05. The van der Waals surface area contributed by atoms with Crippen LogP contribution < -0.4 is 16.4 Å². The molecule has 1 saturated carbocycles. The van der Waals surface area contributed by atoms with E-state index >= 15 is 0 Å². The molecule has 1 aromatic heterocycles. The smallest absolute Gasteiger partial charge is 0.316 e. The number of hydrogen-bond donors (Lipinski definition) is 3. The van der Waals surface area contributed by atoms with E-state index in [1.807, 2.05) is 12.1 Å². The maximum absolute atomic E-state index is 12.2. The maximum atomic E-state index is 12.2. The summed E-state index contributed by atoms with van der Waals surface area (Å²) >= 11 is 1.77. The van der Waals surface area contributed by atoms with Crippen LogP contribution in [-0.2, 0) is 11.3 Å². The molecule has 0 radical (unpaired) electrons. The molecule has 0 bridgehead atoms. The van der Waals surface area contributed by atoms with Crippen LogP contribution in [0.4, 0.5) is 10.5 Å². The zero-order valence-corrected chi connectivity index (χ0v) is 13.7. The number of nitrogens with two attached hydrogens (primary N) is 1. The number of primary amides is 1. The summed E-state index contributed by atoms with van der Waals surface area (Å²) in [5, 5.41) is 5.50. The molecule has 1 aromatic carbocycles. The van der Waals surface area contributed by atoms with E-state index in [4.69, 9.17) is 5.73 Å². The van der Waals surface area contributed by atoms with Gasteiger partial charge in [-0.05, 0) is 43.2 Å². The van der Waals surface area contributed by atoms with Crippen LogP contribution in [0.15, 0.2) is 36.4 Å². The Balaban J connectivity index is 1.53. The number of amides is 3. The SMILES string of the molecule is Cc1ccc([C@H]2C[C@H]2C(=O)NCc2cccc(NC(N)=O)c2)s1. The van der Waals surface area contributed by atoms with Crippen molar-refractivity contribution < 1.29 is 9.59 Å². The molecule has 1 heterocycles. The molecule has 0 spiro atoms. The molecule has 0 saturated heterocycles. The van der Waals surface area contributed by atoms with Crippen LogP contribution in [0.3, 0.4) is 0 Å². The Hall–Kier alpha value is -2.34. The van der Waals surface area contributed by atoms with Gasteiger partial charge in [-0.25, -0.2) is 4.79 Å². The van der Waals surface area contributed by atoms with Gasteiger partial charge in [0.15, 0.2) is 0 Å². The molecule has 23 heavy (non-hydrogen) atoms. The largest absolute Gasteiger partial charge is 0.352 e. The summed E-state index contributed by atoms with van der Waals surface area (Å²) in [5.74, 6) is 0.547. The Bertz CT molecular complexity index is 741. The Kier molecular flexibility index (Phi) is 4.34. The first-order valence-electron chi connectivity index (χ1n) is 7.52. The molecule has 4 N–H and O–H groups in total. The van der Waals surface area contributed by atoms with Crippen LogP contribution in [0, 0.1) is 12.8 Å². The predicted octanol–water partition coefficient (Wildman–Crippen LogP) is 2.97. The lowest BCUT2D eigenvalue weighted by Gasteiger charge is -2.07. The van der Waals surface area contributed by atoms with Crippen molar-refractivity contribution >= 4 is 29.0 Å². The summed E-state index contributed by atoms with van der Waals surface area (Å²) in [6.07, 6.45) is 0.926. The zero-order valence-electron chi connectivity index (χ0n) is 12.8. The third-order valence-electron chi connectivity index (χ3n) is 3.92. The van der Waals surface area contributed by atoms with Gasteiger partial charge in [-0.3, -0.25) is 4.79 Å². The van der Waals surface area contributed by atoms with Crippen LogP contribution in [0.2, 0.25) is 0 Å². The Morgan fingerprint density at radius 3 is 2.83 bits per heavy atom. The van der Waals surface area contributed by atoms with E-state index in [-0.39, 0.29) is 11.8 Å². The first-order chi connectivity index (χ1) is 11.0. The molecule has 3 amide bonds. The van der Waals surface area contributed by atoms with E-state index in [0.29, 0.717) is 18.2 Å². The molecule has 1 aliphatic rings. The van der Waals surface area contributed by atoms with Crippen LogP contribution in [0.1, 0.15) is 27.7 Å². The fourth-order valence-electron chi connectivity index (χ4n) is 2.67. The van der Waals surface area contributed by atoms with Crippen molar-refractivity contribution in [1.82, 2.24) is 5.32 Å². The van der Waals surface area contributed by atoms with Crippen molar-refractivity contribution in [2.75, 3.05) is 5.32 Å².